The number of anilines is 1. The average Bonchev–Trinajstić information content (AvgIpc) is 2.95. The molecule has 7 heteroatoms. The fourth-order valence-electron chi connectivity index (χ4n) is 2.41. The summed E-state index contributed by atoms with van der Waals surface area (Å²) in [6, 6.07) is 1.36. The van der Waals surface area contributed by atoms with Crippen molar-refractivity contribution in [2.45, 2.75) is 25.8 Å². The molecule has 1 fully saturated rings. The Bertz CT molecular complexity index is 608. The molecule has 1 saturated heterocycles. The molecular weight excluding hydrogens is 234 g/mol. The Morgan fingerprint density at radius 2 is 2.39 bits per heavy atom. The zero-order valence-corrected chi connectivity index (χ0v) is 9.94. The number of hydrogen-bond donors (Lipinski definition) is 1. The lowest BCUT2D eigenvalue weighted by Crippen LogP contribution is -2.37. The molecule has 0 radical (unpaired) electrons. The van der Waals surface area contributed by atoms with Gasteiger partial charge in [-0.2, -0.15) is 14.6 Å². The van der Waals surface area contributed by atoms with Crippen molar-refractivity contribution in [2.75, 3.05) is 11.4 Å². The SMILES string of the molecule is Cc1cc(N2CCCC2C(=O)O)n2ncnc2n1. The molecule has 0 spiro atoms. The number of hydrogen-bond acceptors (Lipinski definition) is 5. The first-order valence-corrected chi connectivity index (χ1v) is 5.83. The molecule has 1 unspecified atom stereocenters. The zero-order valence-electron chi connectivity index (χ0n) is 9.94. The highest BCUT2D eigenvalue weighted by Gasteiger charge is 2.32. The van der Waals surface area contributed by atoms with Crippen LogP contribution >= 0.6 is 0 Å². The maximum Gasteiger partial charge on any atom is 0.326 e. The van der Waals surface area contributed by atoms with E-state index < -0.39 is 12.0 Å². The van der Waals surface area contributed by atoms with Crippen LogP contribution in [-0.2, 0) is 4.79 Å². The zero-order chi connectivity index (χ0) is 12.7. The second-order valence-electron chi connectivity index (χ2n) is 4.42. The van der Waals surface area contributed by atoms with E-state index in [9.17, 15) is 9.90 Å². The van der Waals surface area contributed by atoms with Crippen molar-refractivity contribution >= 4 is 17.6 Å². The molecule has 0 aromatic carbocycles. The molecule has 1 atom stereocenters. The van der Waals surface area contributed by atoms with Crippen LogP contribution in [0, 0.1) is 6.92 Å². The largest absolute Gasteiger partial charge is 0.480 e. The van der Waals surface area contributed by atoms with E-state index >= 15 is 0 Å². The number of rotatable bonds is 2. The Labute approximate surface area is 103 Å². The average molecular weight is 247 g/mol. The van der Waals surface area contributed by atoms with Crippen LogP contribution in [0.1, 0.15) is 18.5 Å². The number of carboxylic acids is 1. The molecule has 1 aliphatic heterocycles. The van der Waals surface area contributed by atoms with Gasteiger partial charge in [-0.3, -0.25) is 0 Å². The fourth-order valence-corrected chi connectivity index (χ4v) is 2.41. The van der Waals surface area contributed by atoms with Gasteiger partial charge < -0.3 is 10.0 Å². The van der Waals surface area contributed by atoms with Gasteiger partial charge in [0.1, 0.15) is 18.2 Å². The minimum atomic E-state index is -0.796. The fraction of sp³-hybridized carbons (Fsp3) is 0.455. The van der Waals surface area contributed by atoms with E-state index in [1.807, 2.05) is 17.9 Å². The van der Waals surface area contributed by atoms with E-state index in [0.717, 1.165) is 24.5 Å². The lowest BCUT2D eigenvalue weighted by Gasteiger charge is -2.23. The second kappa shape index (κ2) is 3.94. The quantitative estimate of drug-likeness (QED) is 0.831. The van der Waals surface area contributed by atoms with Crippen LogP contribution < -0.4 is 4.90 Å². The summed E-state index contributed by atoms with van der Waals surface area (Å²) in [5.74, 6) is 0.455. The van der Waals surface area contributed by atoms with Gasteiger partial charge in [0.2, 0.25) is 0 Å². The Balaban J connectivity index is 2.13. The van der Waals surface area contributed by atoms with Crippen LogP contribution in [0.15, 0.2) is 12.4 Å². The smallest absolute Gasteiger partial charge is 0.326 e. The monoisotopic (exact) mass is 247 g/mol. The summed E-state index contributed by atoms with van der Waals surface area (Å²) in [4.78, 5) is 21.4. The molecule has 0 bridgehead atoms. The van der Waals surface area contributed by atoms with Gasteiger partial charge in [-0.1, -0.05) is 0 Å². The van der Waals surface area contributed by atoms with Gasteiger partial charge in [-0.25, -0.2) is 9.78 Å². The minimum absolute atomic E-state index is 0.487. The summed E-state index contributed by atoms with van der Waals surface area (Å²) in [6.45, 7) is 2.58. The van der Waals surface area contributed by atoms with Gasteiger partial charge in [0, 0.05) is 18.3 Å². The van der Waals surface area contributed by atoms with Crippen molar-refractivity contribution in [2.24, 2.45) is 0 Å². The van der Waals surface area contributed by atoms with E-state index in [0.29, 0.717) is 12.2 Å². The molecule has 0 saturated carbocycles. The molecule has 3 heterocycles. The highest BCUT2D eigenvalue weighted by Crippen LogP contribution is 2.25. The van der Waals surface area contributed by atoms with Crippen molar-refractivity contribution in [3.8, 4) is 0 Å². The van der Waals surface area contributed by atoms with Gasteiger partial charge >= 0.3 is 5.97 Å². The first-order chi connectivity index (χ1) is 8.66. The molecule has 1 aliphatic rings. The number of carboxylic acid groups (broad SMARTS) is 1. The third-order valence-corrected chi connectivity index (χ3v) is 3.19. The molecule has 3 rings (SSSR count). The van der Waals surface area contributed by atoms with Gasteiger partial charge in [0.25, 0.3) is 5.78 Å². The Morgan fingerprint density at radius 1 is 1.56 bits per heavy atom. The van der Waals surface area contributed by atoms with E-state index in [-0.39, 0.29) is 0 Å². The lowest BCUT2D eigenvalue weighted by atomic mass is 10.2. The molecule has 94 valence electrons. The molecular formula is C11H13N5O2. The molecule has 2 aromatic rings. The van der Waals surface area contributed by atoms with Gasteiger partial charge in [-0.05, 0) is 19.8 Å². The summed E-state index contributed by atoms with van der Waals surface area (Å²) in [7, 11) is 0. The maximum atomic E-state index is 11.2. The lowest BCUT2D eigenvalue weighted by molar-refractivity contribution is -0.138. The molecule has 2 aromatic heterocycles. The normalized spacial score (nSPS) is 19.6. The summed E-state index contributed by atoms with van der Waals surface area (Å²) >= 11 is 0. The first-order valence-electron chi connectivity index (χ1n) is 5.83. The van der Waals surface area contributed by atoms with Crippen LogP contribution in [0.4, 0.5) is 5.82 Å². The van der Waals surface area contributed by atoms with Crippen molar-refractivity contribution in [1.29, 1.82) is 0 Å². The van der Waals surface area contributed by atoms with Gasteiger partial charge in [-0.15, -0.1) is 0 Å². The van der Waals surface area contributed by atoms with E-state index in [1.54, 1.807) is 4.52 Å². The number of aryl methyl sites for hydroxylation is 1. The van der Waals surface area contributed by atoms with Crippen molar-refractivity contribution in [3.05, 3.63) is 18.1 Å². The van der Waals surface area contributed by atoms with Gasteiger partial charge in [0.05, 0.1) is 0 Å². The van der Waals surface area contributed by atoms with Crippen molar-refractivity contribution in [1.82, 2.24) is 19.6 Å². The van der Waals surface area contributed by atoms with Crippen molar-refractivity contribution < 1.29 is 9.90 Å². The Morgan fingerprint density at radius 3 is 3.17 bits per heavy atom. The van der Waals surface area contributed by atoms with E-state index in [4.69, 9.17) is 0 Å². The maximum absolute atomic E-state index is 11.2. The summed E-state index contributed by atoms with van der Waals surface area (Å²) in [5.41, 5.74) is 0.807. The Hall–Kier alpha value is -2.18. The predicted molar refractivity (Wildman–Crippen MR) is 63.5 cm³/mol. The molecule has 7 nitrogen and oxygen atoms in total. The molecule has 1 N–H and O–H groups in total. The van der Waals surface area contributed by atoms with Crippen LogP contribution in [-0.4, -0.2) is 43.2 Å². The highest BCUT2D eigenvalue weighted by atomic mass is 16.4. The van der Waals surface area contributed by atoms with Crippen molar-refractivity contribution in [3.63, 3.8) is 0 Å². The summed E-state index contributed by atoms with van der Waals surface area (Å²) < 4.78 is 1.59. The predicted octanol–water partition coefficient (Wildman–Crippen LogP) is 0.486. The standard InChI is InChI=1S/C11H13N5O2/c1-7-5-9(16-11(14-7)12-6-13-16)15-4-2-3-8(15)10(17)18/h5-6,8H,2-4H2,1H3,(H,17,18). The third-order valence-electron chi connectivity index (χ3n) is 3.19. The number of carbonyl (C=O) groups is 1. The molecule has 0 amide bonds. The van der Waals surface area contributed by atoms with Crippen LogP contribution in [0.25, 0.3) is 5.78 Å². The molecule has 0 aliphatic carbocycles. The highest BCUT2D eigenvalue weighted by molar-refractivity contribution is 5.78. The number of nitrogens with zero attached hydrogens (tertiary/aromatic N) is 5. The minimum Gasteiger partial charge on any atom is -0.480 e. The van der Waals surface area contributed by atoms with Crippen LogP contribution in [0.5, 0.6) is 0 Å². The first kappa shape index (κ1) is 10.9. The number of aromatic nitrogens is 4. The third kappa shape index (κ3) is 1.59. The second-order valence-corrected chi connectivity index (χ2v) is 4.42. The summed E-state index contributed by atoms with van der Waals surface area (Å²) in [5, 5.41) is 13.3. The van der Waals surface area contributed by atoms with E-state index in [2.05, 4.69) is 15.1 Å². The number of fused-ring (bicyclic) bond motifs is 1. The summed E-state index contributed by atoms with van der Waals surface area (Å²) in [6.07, 6.45) is 2.96. The van der Waals surface area contributed by atoms with Gasteiger partial charge in [0.15, 0.2) is 0 Å². The van der Waals surface area contributed by atoms with Crippen LogP contribution in [0.3, 0.4) is 0 Å². The molecule has 18 heavy (non-hydrogen) atoms. The van der Waals surface area contributed by atoms with E-state index in [1.165, 1.54) is 6.33 Å². The Kier molecular flexibility index (Phi) is 2.39. The number of aliphatic carboxylic acids is 1. The topological polar surface area (TPSA) is 83.6 Å². The van der Waals surface area contributed by atoms with Crippen LogP contribution in [0.2, 0.25) is 0 Å².